The number of hydrogen-bond acceptors (Lipinski definition) is 15. The third kappa shape index (κ3) is 14.4. The van der Waals surface area contributed by atoms with E-state index in [0.717, 1.165) is 19.3 Å². The zero-order valence-corrected chi connectivity index (χ0v) is 42.2. The highest BCUT2D eigenvalue weighted by molar-refractivity contribution is 5.76. The first-order valence-electron chi connectivity index (χ1n) is 24.4. The van der Waals surface area contributed by atoms with Gasteiger partial charge in [-0.1, -0.05) is 51.1 Å². The van der Waals surface area contributed by atoms with E-state index in [9.17, 15) is 35.1 Å². The number of cyclic esters (lactones) is 1. The van der Waals surface area contributed by atoms with E-state index in [0.29, 0.717) is 19.5 Å². The molecule has 66 heavy (non-hydrogen) atoms. The molecule has 3 aliphatic rings. The van der Waals surface area contributed by atoms with Crippen molar-refractivity contribution in [2.45, 2.75) is 211 Å². The Hall–Kier alpha value is -2.32. The monoisotopic (exact) mass is 938 g/mol. The van der Waals surface area contributed by atoms with Crippen LogP contribution in [0.2, 0.25) is 0 Å². The van der Waals surface area contributed by atoms with Gasteiger partial charge in [0.2, 0.25) is 5.91 Å². The smallest absolute Gasteiger partial charge is 0.311 e. The maximum Gasteiger partial charge on any atom is 0.311 e. The normalized spacial score (nSPS) is 41.4. The molecule has 1 amide bonds. The number of unbranched alkanes of at least 4 members (excludes halogenated alkanes) is 1. The maximum atomic E-state index is 14.5. The molecule has 18 atom stereocenters. The molecule has 380 valence electrons. The van der Waals surface area contributed by atoms with Crippen LogP contribution in [0.15, 0.2) is 30.3 Å². The number of benzene rings is 1. The average molecular weight is 938 g/mol. The molecule has 3 heterocycles. The molecule has 6 N–H and O–H groups in total. The predicted octanol–water partition coefficient (Wildman–Crippen LogP) is 3.80. The van der Waals surface area contributed by atoms with Crippen molar-refractivity contribution >= 4 is 11.9 Å². The van der Waals surface area contributed by atoms with Crippen molar-refractivity contribution in [3.05, 3.63) is 35.9 Å². The summed E-state index contributed by atoms with van der Waals surface area (Å²) in [6, 6.07) is 9.17. The lowest BCUT2D eigenvalue weighted by atomic mass is 9.77. The molecule has 1 aromatic rings. The highest BCUT2D eigenvalue weighted by Gasteiger charge is 2.53. The third-order valence-corrected chi connectivity index (χ3v) is 14.7. The van der Waals surface area contributed by atoms with Gasteiger partial charge >= 0.3 is 5.97 Å². The quantitative estimate of drug-likeness (QED) is 0.109. The van der Waals surface area contributed by atoms with Gasteiger partial charge in [0.15, 0.2) is 12.6 Å². The van der Waals surface area contributed by atoms with E-state index in [1.54, 1.807) is 48.5 Å². The molecule has 0 unspecified atom stereocenters. The zero-order valence-electron chi connectivity index (χ0n) is 42.2. The molecule has 0 aliphatic carbocycles. The Morgan fingerprint density at radius 2 is 1.61 bits per heavy atom. The number of nitrogens with one attached hydrogen (secondary N) is 1. The number of hydrogen-bond donors (Lipinski definition) is 6. The number of aryl methyl sites for hydroxylation is 1. The summed E-state index contributed by atoms with van der Waals surface area (Å²) in [6.07, 6.45) is -6.29. The lowest BCUT2D eigenvalue weighted by Gasteiger charge is -2.48. The van der Waals surface area contributed by atoms with Crippen LogP contribution < -0.4 is 5.32 Å². The number of carbonyl (C=O) groups is 2. The Balaban J connectivity index is 1.71. The number of aliphatic hydroxyl groups excluding tert-OH is 3. The van der Waals surface area contributed by atoms with Gasteiger partial charge in [-0.05, 0) is 113 Å². The molecular formula is C50H87N3O13. The Morgan fingerprint density at radius 1 is 0.939 bits per heavy atom. The van der Waals surface area contributed by atoms with Crippen LogP contribution in [-0.2, 0) is 44.4 Å². The zero-order chi connectivity index (χ0) is 49.3. The molecule has 0 saturated carbocycles. The van der Waals surface area contributed by atoms with Crippen molar-refractivity contribution in [2.75, 3.05) is 40.8 Å². The lowest BCUT2D eigenvalue weighted by Crippen LogP contribution is -2.60. The topological polar surface area (TPSA) is 209 Å². The number of nitrogens with zero attached hydrogens (tertiary/aromatic N) is 2. The molecule has 16 heteroatoms. The number of carbonyl (C=O) groups excluding carboxylic acids is 2. The van der Waals surface area contributed by atoms with Crippen LogP contribution in [0, 0.1) is 17.8 Å². The second-order valence-corrected chi connectivity index (χ2v) is 20.8. The van der Waals surface area contributed by atoms with Crippen molar-refractivity contribution in [3.8, 4) is 0 Å². The van der Waals surface area contributed by atoms with E-state index >= 15 is 0 Å². The number of esters is 1. The fourth-order valence-electron chi connectivity index (χ4n) is 10.6. The first kappa shape index (κ1) is 56.3. The highest BCUT2D eigenvalue weighted by Crippen LogP contribution is 2.40. The van der Waals surface area contributed by atoms with Gasteiger partial charge in [-0.25, -0.2) is 0 Å². The van der Waals surface area contributed by atoms with Crippen LogP contribution in [0.3, 0.4) is 0 Å². The molecule has 1 aromatic carbocycles. The molecule has 16 nitrogen and oxygen atoms in total. The van der Waals surface area contributed by atoms with Crippen molar-refractivity contribution in [1.82, 2.24) is 15.1 Å². The van der Waals surface area contributed by atoms with Crippen molar-refractivity contribution in [1.29, 1.82) is 0 Å². The average Bonchev–Trinajstić information content (AvgIpc) is 3.26. The molecule has 0 spiro atoms. The molecule has 3 saturated heterocycles. The van der Waals surface area contributed by atoms with Crippen molar-refractivity contribution < 1.29 is 63.5 Å². The van der Waals surface area contributed by atoms with Crippen molar-refractivity contribution in [3.63, 3.8) is 0 Å². The van der Waals surface area contributed by atoms with Gasteiger partial charge < -0.3 is 64.2 Å². The van der Waals surface area contributed by atoms with E-state index in [1.165, 1.54) is 19.6 Å². The standard InChI is InChI=1S/C50H87N3O13/c1-14-38-50(10,60)43(56)34(6)53(25-23-39(54)51-24-19-18-22-36-20-16-15-17-21-36)29-30(2)27-48(8,59)45(66-47-41(55)37(52(11)12)26-31(3)62-47)32(4)42(33(5)46(58)64-38)65-40-28-49(9,61-13)44(57)35(7)63-40/h15-17,20-21,30-35,37-38,40-45,47,55-57,59-60H,14,18-19,22-29H2,1-13H3,(H,51,54)/t30-,31-,32+,33-,34-,35+,37+,38-,40+,41-,42+,43-,44+,45-,47+,48-,49-,50-/m1/s1. The van der Waals surface area contributed by atoms with Gasteiger partial charge in [-0.3, -0.25) is 14.5 Å². The number of methoxy groups -OCH3 is 1. The Bertz CT molecular complexity index is 1640. The van der Waals surface area contributed by atoms with Crippen LogP contribution in [0.1, 0.15) is 120 Å². The second-order valence-electron chi connectivity index (χ2n) is 20.8. The largest absolute Gasteiger partial charge is 0.459 e. The predicted molar refractivity (Wildman–Crippen MR) is 250 cm³/mol. The van der Waals surface area contributed by atoms with E-state index in [-0.39, 0.29) is 56.2 Å². The van der Waals surface area contributed by atoms with Crippen LogP contribution in [0.4, 0.5) is 0 Å². The van der Waals surface area contributed by atoms with Gasteiger partial charge in [-0.15, -0.1) is 0 Å². The number of amides is 1. The van der Waals surface area contributed by atoms with Gasteiger partial charge in [0, 0.05) is 57.6 Å². The summed E-state index contributed by atoms with van der Waals surface area (Å²) >= 11 is 0. The van der Waals surface area contributed by atoms with Gasteiger partial charge in [-0.2, -0.15) is 0 Å². The number of ether oxygens (including phenoxy) is 6. The van der Waals surface area contributed by atoms with E-state index in [2.05, 4.69) is 17.4 Å². The van der Waals surface area contributed by atoms with Gasteiger partial charge in [0.25, 0.3) is 0 Å². The summed E-state index contributed by atoms with van der Waals surface area (Å²) in [5, 5.41) is 62.9. The summed E-state index contributed by atoms with van der Waals surface area (Å²) < 4.78 is 38.0. The highest BCUT2D eigenvalue weighted by atomic mass is 16.7. The van der Waals surface area contributed by atoms with Crippen molar-refractivity contribution in [2.24, 2.45) is 17.8 Å². The summed E-state index contributed by atoms with van der Waals surface area (Å²) in [5.74, 6) is -3.05. The molecule has 0 aromatic heterocycles. The van der Waals surface area contributed by atoms with Gasteiger partial charge in [0.05, 0.1) is 41.5 Å². The number of likely N-dealkylation sites (N-methyl/N-ethyl adjacent to an activating group) is 1. The van der Waals surface area contributed by atoms with Crippen LogP contribution in [0.25, 0.3) is 0 Å². The minimum Gasteiger partial charge on any atom is -0.459 e. The minimum atomic E-state index is -1.93. The molecule has 3 aliphatic heterocycles. The summed E-state index contributed by atoms with van der Waals surface area (Å²) in [6.45, 7) is 18.5. The van der Waals surface area contributed by atoms with E-state index in [1.807, 2.05) is 55.9 Å². The first-order chi connectivity index (χ1) is 30.9. The van der Waals surface area contributed by atoms with Crippen LogP contribution >= 0.6 is 0 Å². The third-order valence-electron chi connectivity index (χ3n) is 14.7. The summed E-state index contributed by atoms with van der Waals surface area (Å²) in [5.41, 5.74) is -3.41. The summed E-state index contributed by atoms with van der Waals surface area (Å²) in [4.78, 5) is 31.7. The Kier molecular flexibility index (Phi) is 20.9. The van der Waals surface area contributed by atoms with E-state index < -0.39 is 96.0 Å². The van der Waals surface area contributed by atoms with E-state index in [4.69, 9.17) is 28.4 Å². The molecule has 0 radical (unpaired) electrons. The minimum absolute atomic E-state index is 0.101. The second kappa shape index (κ2) is 24.5. The lowest BCUT2D eigenvalue weighted by molar-refractivity contribution is -0.318. The Morgan fingerprint density at radius 3 is 2.23 bits per heavy atom. The molecule has 3 fully saturated rings. The summed E-state index contributed by atoms with van der Waals surface area (Å²) in [7, 11) is 5.26. The number of rotatable bonds is 15. The molecular weight excluding hydrogens is 851 g/mol. The fraction of sp³-hybridized carbons (Fsp3) is 0.840. The first-order valence-corrected chi connectivity index (χ1v) is 24.4. The SMILES string of the molecule is CC[C@H]1OC(=O)[C@H](C)[C@@H](O[C@H]2C[C@@](C)(OC)[C@@H](O)[C@H](C)O2)[C@H](C)[C@@H](O[C@@H]2O[C@H](C)C[C@H](N(C)C)[C@H]2O)[C@](C)(O)C[C@@H](C)CN(CCC(=O)NCCCCc2ccccc2)[C@H](C)[C@@H](O)[C@]1(C)O. The van der Waals surface area contributed by atoms with Gasteiger partial charge in [0.1, 0.15) is 30.0 Å². The number of aliphatic hydroxyl groups is 5. The Labute approximate surface area is 395 Å². The van der Waals surface area contributed by atoms with Crippen LogP contribution in [0.5, 0.6) is 0 Å². The fourth-order valence-corrected chi connectivity index (χ4v) is 10.6. The maximum absolute atomic E-state index is 14.5. The van der Waals surface area contributed by atoms with Crippen LogP contribution in [-0.4, -0.2) is 178 Å². The molecule has 4 rings (SSSR count). The molecule has 0 bridgehead atoms.